The first-order chi connectivity index (χ1) is 13.5. The number of hydrogen-bond acceptors (Lipinski definition) is 8. The molecule has 2 saturated heterocycles. The molecular formula is C19H28ClN5O2S. The first-order valence-corrected chi connectivity index (χ1v) is 11.0. The highest BCUT2D eigenvalue weighted by atomic mass is 35.5. The number of ether oxygens (including phenoxy) is 2. The monoisotopic (exact) mass is 425 g/mol. The molecule has 2 aliphatic heterocycles. The minimum Gasteiger partial charge on any atom is -0.379 e. The smallest absolute Gasteiger partial charge is 0.224 e. The van der Waals surface area contributed by atoms with Crippen molar-refractivity contribution >= 4 is 39.0 Å². The van der Waals surface area contributed by atoms with Crippen LogP contribution in [0.2, 0.25) is 5.28 Å². The fourth-order valence-electron chi connectivity index (χ4n) is 3.79. The van der Waals surface area contributed by atoms with Crippen LogP contribution in [-0.2, 0) is 16.0 Å². The second kappa shape index (κ2) is 8.77. The minimum atomic E-state index is 0.0997. The highest BCUT2D eigenvalue weighted by Crippen LogP contribution is 2.33. The second-order valence-corrected chi connectivity index (χ2v) is 9.33. The van der Waals surface area contributed by atoms with E-state index in [1.54, 1.807) is 11.3 Å². The summed E-state index contributed by atoms with van der Waals surface area (Å²) in [6, 6.07) is 2.13. The van der Waals surface area contributed by atoms with E-state index in [0.29, 0.717) is 5.28 Å². The normalized spacial score (nSPS) is 19.5. The van der Waals surface area contributed by atoms with Crippen LogP contribution < -0.4 is 10.2 Å². The molecule has 0 saturated carbocycles. The molecule has 0 amide bonds. The fraction of sp³-hybridized carbons (Fsp3) is 0.684. The van der Waals surface area contributed by atoms with Crippen molar-refractivity contribution in [1.29, 1.82) is 0 Å². The van der Waals surface area contributed by atoms with Crippen molar-refractivity contribution in [1.82, 2.24) is 20.2 Å². The van der Waals surface area contributed by atoms with Gasteiger partial charge in [-0.15, -0.1) is 11.3 Å². The molecule has 0 atom stereocenters. The third-order valence-corrected chi connectivity index (χ3v) is 6.70. The Labute approximate surface area is 175 Å². The first-order valence-electron chi connectivity index (χ1n) is 9.85. The van der Waals surface area contributed by atoms with E-state index in [9.17, 15) is 0 Å². The van der Waals surface area contributed by atoms with E-state index in [1.165, 1.54) is 4.88 Å². The van der Waals surface area contributed by atoms with Crippen molar-refractivity contribution in [2.45, 2.75) is 25.9 Å². The molecule has 2 aromatic rings. The third kappa shape index (κ3) is 4.58. The van der Waals surface area contributed by atoms with Crippen LogP contribution in [0.1, 0.15) is 18.7 Å². The summed E-state index contributed by atoms with van der Waals surface area (Å²) in [5.74, 6) is 0.934. The van der Waals surface area contributed by atoms with Gasteiger partial charge < -0.3 is 19.7 Å². The van der Waals surface area contributed by atoms with Gasteiger partial charge in [0, 0.05) is 49.7 Å². The van der Waals surface area contributed by atoms with Gasteiger partial charge in [0.05, 0.1) is 36.6 Å². The Morgan fingerprint density at radius 1 is 1.11 bits per heavy atom. The van der Waals surface area contributed by atoms with Gasteiger partial charge >= 0.3 is 0 Å². The molecule has 4 rings (SSSR count). The maximum atomic E-state index is 6.20. The van der Waals surface area contributed by atoms with Gasteiger partial charge in [-0.05, 0) is 31.5 Å². The zero-order valence-electron chi connectivity index (χ0n) is 16.5. The molecule has 7 nitrogen and oxygen atoms in total. The standard InChI is InChI=1S/C19H28ClN5O2S/c1-19(2,25-5-9-27-10-6-25)13-21-12-14-11-15-16(28-14)17(23-18(20)22-15)24-3-7-26-8-4-24/h11,21H,3-10,12-13H2,1-2H3. The molecule has 9 heteroatoms. The van der Waals surface area contributed by atoms with Crippen LogP contribution in [0.15, 0.2) is 6.07 Å². The van der Waals surface area contributed by atoms with Crippen LogP contribution in [-0.4, -0.2) is 79.6 Å². The van der Waals surface area contributed by atoms with E-state index in [-0.39, 0.29) is 5.54 Å². The Bertz CT molecular complexity index is 803. The second-order valence-electron chi connectivity index (χ2n) is 7.86. The van der Waals surface area contributed by atoms with Crippen molar-refractivity contribution < 1.29 is 9.47 Å². The Morgan fingerprint density at radius 2 is 1.79 bits per heavy atom. The van der Waals surface area contributed by atoms with Crippen molar-refractivity contribution in [2.24, 2.45) is 0 Å². The van der Waals surface area contributed by atoms with Crippen LogP contribution in [0.4, 0.5) is 5.82 Å². The molecular weight excluding hydrogens is 398 g/mol. The molecule has 0 aliphatic carbocycles. The molecule has 0 aromatic carbocycles. The van der Waals surface area contributed by atoms with Crippen molar-refractivity contribution in [2.75, 3.05) is 64.1 Å². The predicted molar refractivity (Wildman–Crippen MR) is 114 cm³/mol. The predicted octanol–water partition coefficient (Wildman–Crippen LogP) is 2.38. The molecule has 4 heterocycles. The summed E-state index contributed by atoms with van der Waals surface area (Å²) in [5.41, 5.74) is 1.03. The van der Waals surface area contributed by atoms with E-state index in [0.717, 1.165) is 81.7 Å². The molecule has 0 bridgehead atoms. The zero-order valence-corrected chi connectivity index (χ0v) is 18.1. The third-order valence-electron chi connectivity index (χ3n) is 5.41. The average molecular weight is 426 g/mol. The average Bonchev–Trinajstić information content (AvgIpc) is 3.11. The molecule has 2 aliphatic rings. The summed E-state index contributed by atoms with van der Waals surface area (Å²) in [6.45, 7) is 13.1. The van der Waals surface area contributed by atoms with Crippen molar-refractivity contribution in [3.8, 4) is 0 Å². The van der Waals surface area contributed by atoms with Crippen molar-refractivity contribution in [3.05, 3.63) is 16.2 Å². The van der Waals surface area contributed by atoms with Gasteiger partial charge in [-0.3, -0.25) is 4.90 Å². The fourth-order valence-corrected chi connectivity index (χ4v) is 5.04. The first kappa shape index (κ1) is 20.3. The summed E-state index contributed by atoms with van der Waals surface area (Å²) < 4.78 is 12.1. The van der Waals surface area contributed by atoms with Gasteiger partial charge in [-0.25, -0.2) is 4.98 Å². The van der Waals surface area contributed by atoms with Crippen LogP contribution in [0.5, 0.6) is 0 Å². The maximum absolute atomic E-state index is 6.20. The lowest BCUT2D eigenvalue weighted by atomic mass is 10.0. The van der Waals surface area contributed by atoms with E-state index in [1.807, 2.05) is 0 Å². The number of nitrogens with one attached hydrogen (secondary N) is 1. The lowest BCUT2D eigenvalue weighted by Crippen LogP contribution is -2.54. The largest absolute Gasteiger partial charge is 0.379 e. The topological polar surface area (TPSA) is 62.8 Å². The number of aromatic nitrogens is 2. The lowest BCUT2D eigenvalue weighted by molar-refractivity contribution is -0.00965. The van der Waals surface area contributed by atoms with Crippen molar-refractivity contribution in [3.63, 3.8) is 0 Å². The van der Waals surface area contributed by atoms with Gasteiger partial charge in [0.1, 0.15) is 0 Å². The number of hydrogen-bond donors (Lipinski definition) is 1. The van der Waals surface area contributed by atoms with Gasteiger partial charge in [0.25, 0.3) is 0 Å². The SMILES string of the molecule is CC(C)(CNCc1cc2nc(Cl)nc(N3CCOCC3)c2s1)N1CCOCC1. The van der Waals surface area contributed by atoms with E-state index >= 15 is 0 Å². The number of nitrogens with zero attached hydrogens (tertiary/aromatic N) is 4. The Hall–Kier alpha value is -1.03. The Morgan fingerprint density at radius 3 is 2.50 bits per heavy atom. The van der Waals surface area contributed by atoms with Crippen LogP contribution in [0.25, 0.3) is 10.2 Å². The van der Waals surface area contributed by atoms with E-state index in [2.05, 4.69) is 45.0 Å². The number of morpholine rings is 2. The molecule has 2 aromatic heterocycles. The Kier molecular flexibility index (Phi) is 6.34. The Balaban J connectivity index is 1.44. The number of fused-ring (bicyclic) bond motifs is 1. The summed E-state index contributed by atoms with van der Waals surface area (Å²) >= 11 is 7.95. The van der Waals surface area contributed by atoms with E-state index in [4.69, 9.17) is 21.1 Å². The van der Waals surface area contributed by atoms with Gasteiger partial charge in [0.2, 0.25) is 5.28 Å². The van der Waals surface area contributed by atoms with Gasteiger partial charge in [-0.2, -0.15) is 4.98 Å². The van der Waals surface area contributed by atoms with Gasteiger partial charge in [-0.1, -0.05) is 0 Å². The van der Waals surface area contributed by atoms with Crippen LogP contribution in [0, 0.1) is 0 Å². The number of thiophene rings is 1. The highest BCUT2D eigenvalue weighted by molar-refractivity contribution is 7.19. The van der Waals surface area contributed by atoms with E-state index < -0.39 is 0 Å². The quantitative estimate of drug-likeness (QED) is 0.713. The van der Waals surface area contributed by atoms with Crippen LogP contribution in [0.3, 0.4) is 0 Å². The zero-order chi connectivity index (χ0) is 19.6. The lowest BCUT2D eigenvalue weighted by Gasteiger charge is -2.41. The molecule has 1 N–H and O–H groups in total. The highest BCUT2D eigenvalue weighted by Gasteiger charge is 2.28. The number of anilines is 1. The molecule has 0 radical (unpaired) electrons. The molecule has 28 heavy (non-hydrogen) atoms. The molecule has 2 fully saturated rings. The maximum Gasteiger partial charge on any atom is 0.224 e. The van der Waals surface area contributed by atoms with Crippen LogP contribution >= 0.6 is 22.9 Å². The summed E-state index contributed by atoms with van der Waals surface area (Å²) in [4.78, 5) is 14.9. The molecule has 0 unspecified atom stereocenters. The molecule has 154 valence electrons. The summed E-state index contributed by atoms with van der Waals surface area (Å²) in [5, 5.41) is 3.93. The molecule has 0 spiro atoms. The summed E-state index contributed by atoms with van der Waals surface area (Å²) in [7, 11) is 0. The minimum absolute atomic E-state index is 0.0997. The van der Waals surface area contributed by atoms with Gasteiger partial charge in [0.15, 0.2) is 5.82 Å². The number of halogens is 1. The number of rotatable bonds is 6. The summed E-state index contributed by atoms with van der Waals surface area (Å²) in [6.07, 6.45) is 0.